The fourth-order valence-electron chi connectivity index (χ4n) is 4.35. The van der Waals surface area contributed by atoms with Crippen molar-refractivity contribution in [1.82, 2.24) is 14.7 Å². The van der Waals surface area contributed by atoms with Crippen LogP contribution in [0.5, 0.6) is 5.75 Å². The summed E-state index contributed by atoms with van der Waals surface area (Å²) in [7, 11) is 1.63. The molecule has 1 aromatic heterocycles. The average Bonchev–Trinajstić information content (AvgIpc) is 3.47. The van der Waals surface area contributed by atoms with E-state index in [4.69, 9.17) is 19.3 Å². The van der Waals surface area contributed by atoms with Crippen LogP contribution in [0, 0.1) is 6.92 Å². The fourth-order valence-corrected chi connectivity index (χ4v) is 4.35. The minimum Gasteiger partial charge on any atom is -0.497 e. The van der Waals surface area contributed by atoms with Crippen molar-refractivity contribution in [2.75, 3.05) is 33.4 Å². The van der Waals surface area contributed by atoms with Crippen LogP contribution in [-0.2, 0) is 9.47 Å². The zero-order valence-electron chi connectivity index (χ0n) is 18.4. The molecule has 0 saturated carbocycles. The van der Waals surface area contributed by atoms with Crippen molar-refractivity contribution in [2.24, 2.45) is 0 Å². The van der Waals surface area contributed by atoms with Crippen molar-refractivity contribution < 1.29 is 19.0 Å². The molecule has 2 fully saturated rings. The molecule has 7 nitrogen and oxygen atoms in total. The first-order valence-electron chi connectivity index (χ1n) is 11.0. The van der Waals surface area contributed by atoms with E-state index in [-0.39, 0.29) is 5.91 Å². The van der Waals surface area contributed by atoms with Gasteiger partial charge in [0.15, 0.2) is 5.79 Å². The van der Waals surface area contributed by atoms with Crippen LogP contribution in [-0.4, -0.2) is 59.8 Å². The van der Waals surface area contributed by atoms with Gasteiger partial charge in [-0.3, -0.25) is 4.79 Å². The molecule has 0 unspecified atom stereocenters. The molecular weight excluding hydrogens is 406 g/mol. The number of rotatable bonds is 4. The van der Waals surface area contributed by atoms with Crippen LogP contribution < -0.4 is 4.74 Å². The Morgan fingerprint density at radius 2 is 1.78 bits per heavy atom. The summed E-state index contributed by atoms with van der Waals surface area (Å²) in [6, 6.07) is 15.7. The van der Waals surface area contributed by atoms with E-state index in [0.29, 0.717) is 50.4 Å². The largest absolute Gasteiger partial charge is 0.497 e. The van der Waals surface area contributed by atoms with Crippen LogP contribution in [0.15, 0.2) is 54.7 Å². The second-order valence-electron chi connectivity index (χ2n) is 8.30. The molecule has 3 heterocycles. The van der Waals surface area contributed by atoms with E-state index >= 15 is 0 Å². The monoisotopic (exact) mass is 433 g/mol. The van der Waals surface area contributed by atoms with Crippen molar-refractivity contribution in [1.29, 1.82) is 0 Å². The lowest BCUT2D eigenvalue weighted by molar-refractivity contribution is -0.181. The van der Waals surface area contributed by atoms with Gasteiger partial charge in [-0.2, -0.15) is 5.10 Å². The summed E-state index contributed by atoms with van der Waals surface area (Å²) in [5.41, 5.74) is 4.13. The number of aryl methyl sites for hydroxylation is 1. The third-order valence-electron chi connectivity index (χ3n) is 6.21. The fraction of sp³-hybridized carbons (Fsp3) is 0.360. The van der Waals surface area contributed by atoms with Gasteiger partial charge < -0.3 is 19.1 Å². The van der Waals surface area contributed by atoms with Gasteiger partial charge in [-0.25, -0.2) is 4.68 Å². The van der Waals surface area contributed by atoms with Gasteiger partial charge >= 0.3 is 0 Å². The Morgan fingerprint density at radius 1 is 1.06 bits per heavy atom. The Hall–Kier alpha value is -3.16. The number of methoxy groups -OCH3 is 1. The zero-order valence-corrected chi connectivity index (χ0v) is 18.4. The molecule has 2 aromatic carbocycles. The number of hydrogen-bond acceptors (Lipinski definition) is 5. The lowest BCUT2D eigenvalue weighted by Gasteiger charge is -2.37. The first-order chi connectivity index (χ1) is 15.6. The third kappa shape index (κ3) is 3.89. The van der Waals surface area contributed by atoms with Gasteiger partial charge in [0.1, 0.15) is 11.4 Å². The number of carbonyl (C=O) groups excluding carboxylic acids is 1. The number of piperidine rings is 1. The minimum absolute atomic E-state index is 0.0333. The highest BCUT2D eigenvalue weighted by molar-refractivity contribution is 6.00. The predicted octanol–water partition coefficient (Wildman–Crippen LogP) is 3.84. The first-order valence-corrected chi connectivity index (χ1v) is 11.0. The molecule has 1 spiro atoms. The smallest absolute Gasteiger partial charge is 0.257 e. The van der Waals surface area contributed by atoms with Gasteiger partial charge in [0.2, 0.25) is 0 Å². The van der Waals surface area contributed by atoms with Crippen LogP contribution in [0.25, 0.3) is 16.9 Å². The Labute approximate surface area is 187 Å². The Morgan fingerprint density at radius 3 is 2.47 bits per heavy atom. The summed E-state index contributed by atoms with van der Waals surface area (Å²) >= 11 is 0. The number of ether oxygens (including phenoxy) is 3. The molecule has 0 aliphatic carbocycles. The van der Waals surface area contributed by atoms with E-state index in [0.717, 1.165) is 17.0 Å². The normalized spacial score (nSPS) is 17.6. The molecule has 0 N–H and O–H groups in total. The van der Waals surface area contributed by atoms with E-state index < -0.39 is 5.79 Å². The average molecular weight is 434 g/mol. The number of carbonyl (C=O) groups is 1. The molecule has 5 rings (SSSR count). The number of nitrogens with zero attached hydrogens (tertiary/aromatic N) is 3. The van der Waals surface area contributed by atoms with Crippen LogP contribution in [0.1, 0.15) is 28.8 Å². The van der Waals surface area contributed by atoms with Crippen molar-refractivity contribution in [3.8, 4) is 22.7 Å². The quantitative estimate of drug-likeness (QED) is 0.626. The molecule has 2 saturated heterocycles. The lowest BCUT2D eigenvalue weighted by Crippen LogP contribution is -2.47. The van der Waals surface area contributed by atoms with Gasteiger partial charge in [-0.05, 0) is 31.2 Å². The third-order valence-corrected chi connectivity index (χ3v) is 6.21. The first kappa shape index (κ1) is 20.7. The Balaban J connectivity index is 1.49. The highest BCUT2D eigenvalue weighted by Crippen LogP contribution is 2.33. The maximum Gasteiger partial charge on any atom is 0.257 e. The van der Waals surface area contributed by atoms with Gasteiger partial charge in [-0.15, -0.1) is 0 Å². The number of likely N-dealkylation sites (tertiary alicyclic amines) is 1. The predicted molar refractivity (Wildman–Crippen MR) is 120 cm³/mol. The van der Waals surface area contributed by atoms with Crippen molar-refractivity contribution in [3.63, 3.8) is 0 Å². The van der Waals surface area contributed by atoms with E-state index in [1.54, 1.807) is 11.8 Å². The Bertz CT molecular complexity index is 1110. The van der Waals surface area contributed by atoms with Gasteiger partial charge in [0, 0.05) is 37.7 Å². The minimum atomic E-state index is -0.515. The summed E-state index contributed by atoms with van der Waals surface area (Å²) in [6.07, 6.45) is 3.19. The maximum absolute atomic E-state index is 13.6. The highest BCUT2D eigenvalue weighted by Gasteiger charge is 2.41. The van der Waals surface area contributed by atoms with Crippen molar-refractivity contribution in [2.45, 2.75) is 25.6 Å². The molecule has 1 amide bonds. The zero-order chi connectivity index (χ0) is 22.1. The Kier molecular flexibility index (Phi) is 5.45. The van der Waals surface area contributed by atoms with Gasteiger partial charge in [-0.1, -0.05) is 29.8 Å². The number of benzene rings is 2. The summed E-state index contributed by atoms with van der Waals surface area (Å²) in [6.45, 7) is 4.47. The number of hydrogen-bond donors (Lipinski definition) is 0. The van der Waals surface area contributed by atoms with Gasteiger partial charge in [0.05, 0.1) is 31.6 Å². The topological polar surface area (TPSA) is 65.8 Å². The van der Waals surface area contributed by atoms with E-state index in [1.807, 2.05) is 66.6 Å². The summed E-state index contributed by atoms with van der Waals surface area (Å²) < 4.78 is 18.8. The molecule has 0 bridgehead atoms. The van der Waals surface area contributed by atoms with Crippen LogP contribution in [0.3, 0.4) is 0 Å². The summed E-state index contributed by atoms with van der Waals surface area (Å²) in [5.74, 6) is 0.175. The van der Waals surface area contributed by atoms with Crippen LogP contribution >= 0.6 is 0 Å². The summed E-state index contributed by atoms with van der Waals surface area (Å²) in [4.78, 5) is 15.5. The van der Waals surface area contributed by atoms with Gasteiger partial charge in [0.25, 0.3) is 5.91 Å². The molecule has 7 heteroatoms. The molecule has 2 aliphatic heterocycles. The molecular formula is C25H27N3O4. The number of aromatic nitrogens is 2. The summed E-state index contributed by atoms with van der Waals surface area (Å²) in [5, 5.41) is 4.81. The second-order valence-corrected chi connectivity index (χ2v) is 8.30. The lowest BCUT2D eigenvalue weighted by atomic mass is 10.0. The van der Waals surface area contributed by atoms with E-state index in [1.165, 1.54) is 5.56 Å². The molecule has 2 aliphatic rings. The molecule has 0 atom stereocenters. The SMILES string of the molecule is COc1cccc(-c2nn(-c3ccc(C)cc3)cc2C(=O)N2CCC3(CC2)OCCO3)c1. The van der Waals surface area contributed by atoms with Crippen LogP contribution in [0.4, 0.5) is 0 Å². The van der Waals surface area contributed by atoms with E-state index in [2.05, 4.69) is 0 Å². The van der Waals surface area contributed by atoms with E-state index in [9.17, 15) is 4.79 Å². The molecule has 32 heavy (non-hydrogen) atoms. The van der Waals surface area contributed by atoms with Crippen molar-refractivity contribution >= 4 is 5.91 Å². The standard InChI is InChI=1S/C25H27N3O4/c1-18-6-8-20(9-7-18)28-17-22(23(26-28)19-4-3-5-21(16-19)30-2)24(29)27-12-10-25(11-13-27)31-14-15-32-25/h3-9,16-17H,10-15H2,1-2H3. The maximum atomic E-state index is 13.6. The molecule has 3 aromatic rings. The van der Waals surface area contributed by atoms with Crippen LogP contribution in [0.2, 0.25) is 0 Å². The second kappa shape index (κ2) is 8.41. The van der Waals surface area contributed by atoms with Crippen molar-refractivity contribution in [3.05, 3.63) is 65.9 Å². The number of amides is 1. The highest BCUT2D eigenvalue weighted by atomic mass is 16.7. The molecule has 166 valence electrons. The molecule has 0 radical (unpaired) electrons.